The Kier molecular flexibility index (Phi) is 1.95. The molecule has 1 aliphatic rings. The van der Waals surface area contributed by atoms with Crippen molar-refractivity contribution in [3.8, 4) is 0 Å². The highest BCUT2D eigenvalue weighted by Gasteiger charge is 2.25. The first-order chi connectivity index (χ1) is 4.67. The highest BCUT2D eigenvalue weighted by atomic mass is 28.3. The second-order valence-electron chi connectivity index (χ2n) is 3.32. The Morgan fingerprint density at radius 3 is 2.20 bits per heavy atom. The van der Waals surface area contributed by atoms with Crippen molar-refractivity contribution in [2.45, 2.75) is 18.6 Å². The van der Waals surface area contributed by atoms with E-state index < -0.39 is 8.07 Å². The largest absolute Gasteiger partial charge is 0.107 e. The van der Waals surface area contributed by atoms with Crippen LogP contribution in [0.1, 0.15) is 0 Å². The minimum atomic E-state index is -1.15. The summed E-state index contributed by atoms with van der Waals surface area (Å²) >= 11 is 0. The molecule has 0 amide bonds. The van der Waals surface area contributed by atoms with Crippen molar-refractivity contribution in [3.05, 3.63) is 36.6 Å². The molecule has 0 nitrogen and oxygen atoms in total. The van der Waals surface area contributed by atoms with Crippen molar-refractivity contribution < 1.29 is 0 Å². The van der Waals surface area contributed by atoms with Crippen molar-refractivity contribution in [1.29, 1.82) is 0 Å². The second-order valence-corrected chi connectivity index (χ2v) is 8.04. The third kappa shape index (κ3) is 1.29. The van der Waals surface area contributed by atoms with Gasteiger partial charge in [0.15, 0.2) is 0 Å². The number of hydrogen-bond acceptors (Lipinski definition) is 0. The molecule has 0 saturated heterocycles. The Balaban J connectivity index is 2.73. The van der Waals surface area contributed by atoms with E-state index in [0.29, 0.717) is 5.54 Å². The quantitative estimate of drug-likeness (QED) is 0.531. The van der Waals surface area contributed by atoms with Gasteiger partial charge in [-0.2, -0.15) is 0 Å². The van der Waals surface area contributed by atoms with Gasteiger partial charge in [-0.05, 0) is 5.54 Å². The Morgan fingerprint density at radius 1 is 1.30 bits per heavy atom. The molecule has 0 unspecified atom stereocenters. The van der Waals surface area contributed by atoms with Crippen LogP contribution in [-0.2, 0) is 0 Å². The minimum Gasteiger partial charge on any atom is -0.107 e. The standard InChI is InChI=1S/C9H14Si/c1-4-10(2,3)9-7-5-6-8-9/h4-9H,1H2,2-3H3. The second kappa shape index (κ2) is 2.58. The molecule has 0 fully saturated rings. The van der Waals surface area contributed by atoms with E-state index in [1.165, 1.54) is 0 Å². The molecule has 0 bridgehead atoms. The Bertz CT molecular complexity index is 175. The van der Waals surface area contributed by atoms with Crippen LogP contribution in [-0.4, -0.2) is 8.07 Å². The molecule has 1 heteroatoms. The van der Waals surface area contributed by atoms with Crippen LogP contribution in [0.5, 0.6) is 0 Å². The van der Waals surface area contributed by atoms with E-state index in [9.17, 15) is 0 Å². The zero-order valence-corrected chi connectivity index (χ0v) is 7.67. The summed E-state index contributed by atoms with van der Waals surface area (Å²) in [4.78, 5) is 0. The van der Waals surface area contributed by atoms with Crippen LogP contribution < -0.4 is 0 Å². The van der Waals surface area contributed by atoms with E-state index >= 15 is 0 Å². The topological polar surface area (TPSA) is 0 Å². The van der Waals surface area contributed by atoms with Gasteiger partial charge in [-0.15, -0.1) is 12.3 Å². The molecule has 1 aliphatic carbocycles. The third-order valence-corrected chi connectivity index (χ3v) is 5.29. The lowest BCUT2D eigenvalue weighted by atomic mass is 10.5. The predicted octanol–water partition coefficient (Wildman–Crippen LogP) is 2.92. The van der Waals surface area contributed by atoms with Crippen LogP contribution in [0.25, 0.3) is 0 Å². The van der Waals surface area contributed by atoms with Gasteiger partial charge in [0.1, 0.15) is 0 Å². The monoisotopic (exact) mass is 150 g/mol. The van der Waals surface area contributed by atoms with Crippen LogP contribution in [0.3, 0.4) is 0 Å². The fourth-order valence-electron chi connectivity index (χ4n) is 1.06. The first-order valence-corrected chi connectivity index (χ1v) is 6.81. The molecular weight excluding hydrogens is 136 g/mol. The van der Waals surface area contributed by atoms with Gasteiger partial charge in [-0.1, -0.05) is 37.4 Å². The molecule has 0 N–H and O–H groups in total. The van der Waals surface area contributed by atoms with E-state index in [4.69, 9.17) is 0 Å². The third-order valence-electron chi connectivity index (χ3n) is 2.13. The lowest BCUT2D eigenvalue weighted by Gasteiger charge is -2.21. The molecule has 0 aromatic carbocycles. The summed E-state index contributed by atoms with van der Waals surface area (Å²) in [7, 11) is -1.15. The summed E-state index contributed by atoms with van der Waals surface area (Å²) in [5, 5.41) is 0. The van der Waals surface area contributed by atoms with E-state index in [2.05, 4.69) is 49.7 Å². The Morgan fingerprint density at radius 2 is 1.80 bits per heavy atom. The number of rotatable bonds is 2. The lowest BCUT2D eigenvalue weighted by molar-refractivity contribution is 1.31. The molecule has 0 aliphatic heterocycles. The van der Waals surface area contributed by atoms with Gasteiger partial charge < -0.3 is 0 Å². The fourth-order valence-corrected chi connectivity index (χ4v) is 2.55. The van der Waals surface area contributed by atoms with E-state index in [0.717, 1.165) is 0 Å². The minimum absolute atomic E-state index is 0.685. The van der Waals surface area contributed by atoms with Crippen LogP contribution >= 0.6 is 0 Å². The number of hydrogen-bond donors (Lipinski definition) is 0. The molecule has 0 spiro atoms. The molecule has 0 atom stereocenters. The van der Waals surface area contributed by atoms with Crippen molar-refractivity contribution in [2.24, 2.45) is 0 Å². The summed E-state index contributed by atoms with van der Waals surface area (Å²) < 4.78 is 0. The molecule has 10 heavy (non-hydrogen) atoms. The van der Waals surface area contributed by atoms with Crippen molar-refractivity contribution >= 4 is 8.07 Å². The van der Waals surface area contributed by atoms with Gasteiger partial charge in [0.05, 0.1) is 8.07 Å². The first kappa shape index (κ1) is 7.54. The summed E-state index contributed by atoms with van der Waals surface area (Å²) in [6, 6.07) is 0. The average molecular weight is 150 g/mol. The maximum Gasteiger partial charge on any atom is 0.0816 e. The molecule has 1 rings (SSSR count). The van der Waals surface area contributed by atoms with Crippen LogP contribution in [0.4, 0.5) is 0 Å². The SMILES string of the molecule is C=C[Si](C)(C)C1C=CC=C1. The summed E-state index contributed by atoms with van der Waals surface area (Å²) in [6.07, 6.45) is 8.80. The van der Waals surface area contributed by atoms with Crippen molar-refractivity contribution in [2.75, 3.05) is 0 Å². The summed E-state index contributed by atoms with van der Waals surface area (Å²) in [6.45, 7) is 8.55. The fraction of sp³-hybridized carbons (Fsp3) is 0.333. The predicted molar refractivity (Wildman–Crippen MR) is 49.7 cm³/mol. The van der Waals surface area contributed by atoms with E-state index in [-0.39, 0.29) is 0 Å². The zero-order valence-electron chi connectivity index (χ0n) is 6.67. The molecule has 0 aromatic rings. The molecule has 54 valence electrons. The zero-order chi connectivity index (χ0) is 7.61. The highest BCUT2D eigenvalue weighted by molar-refractivity contribution is 6.84. The molecule has 0 saturated carbocycles. The summed E-state index contributed by atoms with van der Waals surface area (Å²) in [5.41, 5.74) is 2.84. The van der Waals surface area contributed by atoms with E-state index in [1.54, 1.807) is 0 Å². The summed E-state index contributed by atoms with van der Waals surface area (Å²) in [5.74, 6) is 0. The average Bonchev–Trinajstić information content (AvgIpc) is 2.38. The Hall–Kier alpha value is -0.563. The highest BCUT2D eigenvalue weighted by Crippen LogP contribution is 2.28. The number of allylic oxidation sites excluding steroid dienone is 4. The van der Waals surface area contributed by atoms with Crippen LogP contribution in [0.2, 0.25) is 18.6 Å². The smallest absolute Gasteiger partial charge is 0.0816 e. The maximum absolute atomic E-state index is 3.87. The molecule has 0 aromatic heterocycles. The van der Waals surface area contributed by atoms with E-state index in [1.807, 2.05) is 0 Å². The van der Waals surface area contributed by atoms with Gasteiger partial charge in [0.25, 0.3) is 0 Å². The van der Waals surface area contributed by atoms with Crippen molar-refractivity contribution in [1.82, 2.24) is 0 Å². The van der Waals surface area contributed by atoms with Gasteiger partial charge >= 0.3 is 0 Å². The molecular formula is C9H14Si. The van der Waals surface area contributed by atoms with Crippen molar-refractivity contribution in [3.63, 3.8) is 0 Å². The van der Waals surface area contributed by atoms with Gasteiger partial charge in [0.2, 0.25) is 0 Å². The normalized spacial score (nSPS) is 18.2. The lowest BCUT2D eigenvalue weighted by Crippen LogP contribution is -2.26. The Labute approximate surface area is 64.0 Å². The maximum atomic E-state index is 3.87. The van der Waals surface area contributed by atoms with Gasteiger partial charge in [0, 0.05) is 0 Å². The molecule has 0 heterocycles. The van der Waals surface area contributed by atoms with Gasteiger partial charge in [-0.3, -0.25) is 0 Å². The van der Waals surface area contributed by atoms with Gasteiger partial charge in [-0.25, -0.2) is 0 Å². The first-order valence-electron chi connectivity index (χ1n) is 3.65. The molecule has 0 radical (unpaired) electrons. The van der Waals surface area contributed by atoms with Crippen LogP contribution in [0.15, 0.2) is 36.6 Å². The van der Waals surface area contributed by atoms with Crippen LogP contribution in [0, 0.1) is 0 Å².